The zero-order valence-corrected chi connectivity index (χ0v) is 11.9. The molecule has 0 radical (unpaired) electrons. The summed E-state index contributed by atoms with van der Waals surface area (Å²) in [6.07, 6.45) is -1.85. The van der Waals surface area contributed by atoms with Crippen LogP contribution in [0, 0.1) is 0 Å². The van der Waals surface area contributed by atoms with Gasteiger partial charge in [-0.15, -0.1) is 0 Å². The van der Waals surface area contributed by atoms with Gasteiger partial charge < -0.3 is 14.1 Å². The highest BCUT2D eigenvalue weighted by molar-refractivity contribution is 6.13. The van der Waals surface area contributed by atoms with E-state index in [-0.39, 0.29) is 5.92 Å². The molecule has 21 heavy (non-hydrogen) atoms. The number of carboxylic acid groups (broad SMARTS) is 1. The van der Waals surface area contributed by atoms with Gasteiger partial charge in [0.05, 0.1) is 12.8 Å². The molecule has 0 aliphatic carbocycles. The van der Waals surface area contributed by atoms with Gasteiger partial charge in [-0.05, 0) is 30.2 Å². The average molecular weight is 313 g/mol. The van der Waals surface area contributed by atoms with Crippen LogP contribution in [0.25, 0.3) is 0 Å². The molecule has 2 atom stereocenters. The number of anilines is 1. The Bertz CT molecular complexity index is 608. The predicted molar refractivity (Wildman–Crippen MR) is 73.7 cm³/mol. The van der Waals surface area contributed by atoms with Crippen LogP contribution in [0.3, 0.4) is 0 Å². The predicted octanol–water partition coefficient (Wildman–Crippen LogP) is 2.60. The highest BCUT2D eigenvalue weighted by atomic mass is 35.5. The topological polar surface area (TPSA) is 79.3 Å². The molecule has 1 fully saturated rings. The number of methoxy groups -OCH3 is 1. The molecule has 1 aromatic carbocycles. The van der Waals surface area contributed by atoms with Crippen LogP contribution in [0.1, 0.15) is 17.9 Å². The number of carbonyl (C=O) groups is 2. The summed E-state index contributed by atoms with van der Waals surface area (Å²) < 4.78 is 9.42. The summed E-state index contributed by atoms with van der Waals surface area (Å²) >= 11 is 5.13. The van der Waals surface area contributed by atoms with Crippen molar-refractivity contribution >= 4 is 29.7 Å². The van der Waals surface area contributed by atoms with Gasteiger partial charge in [0.1, 0.15) is 23.8 Å². The Kier molecular flexibility index (Phi) is 3.29. The lowest BCUT2D eigenvalue weighted by molar-refractivity contribution is 0.146. The normalized spacial score (nSPS) is 22.8. The van der Waals surface area contributed by atoms with Crippen LogP contribution in [-0.4, -0.2) is 42.0 Å². The Morgan fingerprint density at radius 2 is 2.19 bits per heavy atom. The van der Waals surface area contributed by atoms with Gasteiger partial charge in [-0.1, -0.05) is 0 Å². The number of hydrogen-bond acceptors (Lipinski definition) is 4. The van der Waals surface area contributed by atoms with Crippen LogP contribution < -0.4 is 9.64 Å². The van der Waals surface area contributed by atoms with Crippen LogP contribution in [-0.2, 0) is 4.29 Å². The number of ether oxygens (including phenoxy) is 1. The Labute approximate surface area is 125 Å². The van der Waals surface area contributed by atoms with Crippen LogP contribution >= 0.6 is 11.9 Å². The van der Waals surface area contributed by atoms with Crippen molar-refractivity contribution in [2.45, 2.75) is 18.5 Å². The number of amides is 2. The quantitative estimate of drug-likeness (QED) is 0.862. The van der Waals surface area contributed by atoms with Crippen molar-refractivity contribution in [3.63, 3.8) is 0 Å². The fourth-order valence-electron chi connectivity index (χ4n) is 3.19. The summed E-state index contributed by atoms with van der Waals surface area (Å²) in [5.74, 6) is 0.542. The molecule has 2 aliphatic rings. The first-order valence-electron chi connectivity index (χ1n) is 6.37. The van der Waals surface area contributed by atoms with Gasteiger partial charge in [0.15, 0.2) is 0 Å². The zero-order chi connectivity index (χ0) is 15.1. The number of hydrogen-bond donors (Lipinski definition) is 1. The molecule has 0 bridgehead atoms. The lowest BCUT2D eigenvalue weighted by atomic mass is 9.98. The number of rotatable bonds is 1. The lowest BCUT2D eigenvalue weighted by Crippen LogP contribution is -2.48. The number of nitrogens with zero attached hydrogens (tertiary/aromatic N) is 2. The molecule has 1 aromatic rings. The standard InChI is InChI=1S/C13H13ClN2O5/c1-20-7-2-3-10-9(6-7)8-4-5-15(13(19)21-14)11(8)16(10)12(17)18/h2-3,6,8,11H,4-5H2,1H3,(H,17,18). The number of halogens is 1. The molecular weight excluding hydrogens is 300 g/mol. The Balaban J connectivity index is 2.06. The van der Waals surface area contributed by atoms with E-state index in [9.17, 15) is 14.7 Å². The van der Waals surface area contributed by atoms with Crippen molar-refractivity contribution < 1.29 is 23.7 Å². The second-order valence-electron chi connectivity index (χ2n) is 4.92. The van der Waals surface area contributed by atoms with Crippen LogP contribution in [0.2, 0.25) is 0 Å². The van der Waals surface area contributed by atoms with E-state index in [2.05, 4.69) is 4.29 Å². The van der Waals surface area contributed by atoms with Gasteiger partial charge in [0.2, 0.25) is 0 Å². The summed E-state index contributed by atoms with van der Waals surface area (Å²) in [6.45, 7) is 0.390. The Hall–Kier alpha value is -2.15. The monoisotopic (exact) mass is 312 g/mol. The number of likely N-dealkylation sites (tertiary alicyclic amines) is 1. The van der Waals surface area contributed by atoms with Crippen LogP contribution in [0.5, 0.6) is 5.75 Å². The molecule has 1 saturated heterocycles. The summed E-state index contributed by atoms with van der Waals surface area (Å²) in [4.78, 5) is 25.8. The third kappa shape index (κ3) is 1.96. The van der Waals surface area contributed by atoms with Gasteiger partial charge in [-0.3, -0.25) is 9.80 Å². The highest BCUT2D eigenvalue weighted by Gasteiger charge is 2.51. The summed E-state index contributed by atoms with van der Waals surface area (Å²) in [5.41, 5.74) is 1.41. The number of benzene rings is 1. The fourth-order valence-corrected chi connectivity index (χ4v) is 3.28. The second kappa shape index (κ2) is 5.00. The minimum Gasteiger partial charge on any atom is -0.497 e. The fraction of sp³-hybridized carbons (Fsp3) is 0.385. The summed E-state index contributed by atoms with van der Waals surface area (Å²) in [6, 6.07) is 5.19. The highest BCUT2D eigenvalue weighted by Crippen LogP contribution is 2.48. The molecule has 2 aliphatic heterocycles. The van der Waals surface area contributed by atoms with E-state index in [1.54, 1.807) is 19.2 Å². The van der Waals surface area contributed by atoms with Crippen molar-refractivity contribution in [3.8, 4) is 5.75 Å². The van der Waals surface area contributed by atoms with Gasteiger partial charge in [0, 0.05) is 12.5 Å². The summed E-state index contributed by atoms with van der Waals surface area (Å²) in [5, 5.41) is 9.49. The molecule has 8 heteroatoms. The lowest BCUT2D eigenvalue weighted by Gasteiger charge is -2.28. The Morgan fingerprint density at radius 3 is 2.81 bits per heavy atom. The van der Waals surface area contributed by atoms with Gasteiger partial charge in [-0.2, -0.15) is 0 Å². The maximum absolute atomic E-state index is 11.7. The SMILES string of the molecule is COc1ccc2c(c1)C1CCN(C(=O)OCl)C1N2C(=O)O. The van der Waals surface area contributed by atoms with E-state index in [0.717, 1.165) is 5.56 Å². The van der Waals surface area contributed by atoms with E-state index in [0.29, 0.717) is 24.4 Å². The zero-order valence-electron chi connectivity index (χ0n) is 11.2. The second-order valence-corrected chi connectivity index (χ2v) is 5.08. The molecule has 7 nitrogen and oxygen atoms in total. The first-order valence-corrected chi connectivity index (χ1v) is 6.68. The molecule has 0 saturated carbocycles. The first-order chi connectivity index (χ1) is 10.1. The van der Waals surface area contributed by atoms with Crippen molar-refractivity contribution in [1.29, 1.82) is 0 Å². The molecule has 2 amide bonds. The Morgan fingerprint density at radius 1 is 1.43 bits per heavy atom. The van der Waals surface area contributed by atoms with Gasteiger partial charge in [-0.25, -0.2) is 9.59 Å². The molecular formula is C13H13ClN2O5. The molecule has 2 heterocycles. The van der Waals surface area contributed by atoms with Crippen molar-refractivity contribution in [1.82, 2.24) is 4.90 Å². The molecule has 0 aromatic heterocycles. The van der Waals surface area contributed by atoms with E-state index >= 15 is 0 Å². The van der Waals surface area contributed by atoms with Gasteiger partial charge >= 0.3 is 12.2 Å². The van der Waals surface area contributed by atoms with Crippen LogP contribution in [0.4, 0.5) is 15.3 Å². The number of carbonyl (C=O) groups excluding carboxylic acids is 1. The average Bonchev–Trinajstić information content (AvgIpc) is 3.03. The maximum atomic E-state index is 11.7. The van der Waals surface area contributed by atoms with E-state index in [1.165, 1.54) is 9.80 Å². The molecule has 2 unspecified atom stereocenters. The molecule has 3 rings (SSSR count). The molecule has 0 spiro atoms. The smallest absolute Gasteiger partial charge is 0.429 e. The van der Waals surface area contributed by atoms with E-state index in [1.807, 2.05) is 6.07 Å². The van der Waals surface area contributed by atoms with E-state index < -0.39 is 18.4 Å². The third-order valence-electron chi connectivity index (χ3n) is 4.03. The largest absolute Gasteiger partial charge is 0.497 e. The van der Waals surface area contributed by atoms with E-state index in [4.69, 9.17) is 16.6 Å². The molecule has 112 valence electrons. The third-order valence-corrected chi connectivity index (χ3v) is 4.16. The summed E-state index contributed by atoms with van der Waals surface area (Å²) in [7, 11) is 1.55. The van der Waals surface area contributed by atoms with Crippen LogP contribution in [0.15, 0.2) is 18.2 Å². The van der Waals surface area contributed by atoms with Gasteiger partial charge in [0.25, 0.3) is 0 Å². The van der Waals surface area contributed by atoms with Crippen molar-refractivity contribution in [3.05, 3.63) is 23.8 Å². The van der Waals surface area contributed by atoms with Crippen molar-refractivity contribution in [2.75, 3.05) is 18.6 Å². The minimum atomic E-state index is -1.12. The minimum absolute atomic E-state index is 0.109. The van der Waals surface area contributed by atoms with Crippen molar-refractivity contribution in [2.24, 2.45) is 0 Å². The molecule has 1 N–H and O–H groups in total. The maximum Gasteiger partial charge on any atom is 0.429 e. The number of fused-ring (bicyclic) bond motifs is 3. The first kappa shape index (κ1) is 13.8.